The summed E-state index contributed by atoms with van der Waals surface area (Å²) in [5.74, 6) is 1.89. The molecular weight excluding hydrogens is 412 g/mol. The van der Waals surface area contributed by atoms with Gasteiger partial charge in [-0.1, -0.05) is 18.2 Å². The van der Waals surface area contributed by atoms with E-state index in [1.807, 2.05) is 18.2 Å². The number of ether oxygens (including phenoxy) is 1. The van der Waals surface area contributed by atoms with Gasteiger partial charge >= 0.3 is 0 Å². The van der Waals surface area contributed by atoms with Gasteiger partial charge in [0.15, 0.2) is 0 Å². The van der Waals surface area contributed by atoms with Gasteiger partial charge in [0.25, 0.3) is 5.91 Å². The lowest BCUT2D eigenvalue weighted by Crippen LogP contribution is -2.25. The minimum Gasteiger partial charge on any atom is -0.494 e. The molecule has 0 aliphatic rings. The molecule has 6 heteroatoms. The molecule has 2 aromatic heterocycles. The lowest BCUT2D eigenvalue weighted by atomic mass is 10.1. The van der Waals surface area contributed by atoms with Gasteiger partial charge in [0.2, 0.25) is 0 Å². The van der Waals surface area contributed by atoms with Crippen LogP contribution < -0.4 is 10.1 Å². The van der Waals surface area contributed by atoms with Crippen LogP contribution in [0.1, 0.15) is 40.2 Å². The van der Waals surface area contributed by atoms with Crippen molar-refractivity contribution in [1.82, 2.24) is 19.9 Å². The molecule has 0 atom stereocenters. The number of amides is 1. The molecule has 4 aromatic rings. The van der Waals surface area contributed by atoms with Crippen LogP contribution in [0.3, 0.4) is 0 Å². The van der Waals surface area contributed by atoms with Crippen molar-refractivity contribution >= 4 is 16.9 Å². The SMILES string of the molecule is Cc1cc(C)cc(OCCCn2c(CCCNC(=O)c3ccncc3)nc3ccccc32)c1. The van der Waals surface area contributed by atoms with Crippen molar-refractivity contribution in [3.05, 3.63) is 89.5 Å². The Hall–Kier alpha value is -3.67. The molecule has 0 unspecified atom stereocenters. The summed E-state index contributed by atoms with van der Waals surface area (Å²) < 4.78 is 8.28. The van der Waals surface area contributed by atoms with Crippen LogP contribution in [0.15, 0.2) is 67.0 Å². The normalized spacial score (nSPS) is 11.0. The van der Waals surface area contributed by atoms with Crippen LogP contribution >= 0.6 is 0 Å². The minimum absolute atomic E-state index is 0.0746. The van der Waals surface area contributed by atoms with E-state index in [1.165, 1.54) is 11.1 Å². The second-order valence-electron chi connectivity index (χ2n) is 8.29. The summed E-state index contributed by atoms with van der Waals surface area (Å²) in [5, 5.41) is 2.98. The lowest BCUT2D eigenvalue weighted by Gasteiger charge is -2.11. The molecule has 0 aliphatic carbocycles. The number of aromatic nitrogens is 3. The van der Waals surface area contributed by atoms with Gasteiger partial charge in [-0.25, -0.2) is 4.98 Å². The van der Waals surface area contributed by atoms with Crippen LogP contribution in [0.4, 0.5) is 0 Å². The first-order chi connectivity index (χ1) is 16.1. The Labute approximate surface area is 194 Å². The Balaban J connectivity index is 1.33. The predicted molar refractivity (Wildman–Crippen MR) is 131 cm³/mol. The van der Waals surface area contributed by atoms with E-state index in [2.05, 4.69) is 53.0 Å². The number of aryl methyl sites for hydroxylation is 4. The molecule has 4 rings (SSSR count). The van der Waals surface area contributed by atoms with Gasteiger partial charge < -0.3 is 14.6 Å². The van der Waals surface area contributed by atoms with E-state index < -0.39 is 0 Å². The first-order valence-corrected chi connectivity index (χ1v) is 11.4. The van der Waals surface area contributed by atoms with Crippen molar-refractivity contribution in [2.75, 3.05) is 13.2 Å². The Bertz CT molecular complexity index is 1200. The number of fused-ring (bicyclic) bond motifs is 1. The van der Waals surface area contributed by atoms with Crippen molar-refractivity contribution in [1.29, 1.82) is 0 Å². The van der Waals surface area contributed by atoms with Gasteiger partial charge in [-0.3, -0.25) is 9.78 Å². The molecule has 2 aromatic carbocycles. The number of nitrogens with zero attached hydrogens (tertiary/aromatic N) is 3. The van der Waals surface area contributed by atoms with Crippen LogP contribution in [0.25, 0.3) is 11.0 Å². The third kappa shape index (κ3) is 5.98. The number of nitrogens with one attached hydrogen (secondary N) is 1. The van der Waals surface area contributed by atoms with Crippen LogP contribution in [0, 0.1) is 13.8 Å². The molecule has 33 heavy (non-hydrogen) atoms. The summed E-state index contributed by atoms with van der Waals surface area (Å²) in [6.45, 7) is 6.26. The number of imidazole rings is 1. The Kier molecular flexibility index (Phi) is 7.35. The predicted octanol–water partition coefficient (Wildman–Crippen LogP) is 4.88. The summed E-state index contributed by atoms with van der Waals surface area (Å²) in [6.07, 6.45) is 5.75. The van der Waals surface area contributed by atoms with Crippen molar-refractivity contribution in [2.24, 2.45) is 0 Å². The fourth-order valence-electron chi connectivity index (χ4n) is 4.05. The van der Waals surface area contributed by atoms with Gasteiger partial charge in [0.05, 0.1) is 17.6 Å². The monoisotopic (exact) mass is 442 g/mol. The van der Waals surface area contributed by atoms with Crippen molar-refractivity contribution in [3.63, 3.8) is 0 Å². The first kappa shape index (κ1) is 22.5. The van der Waals surface area contributed by atoms with Crippen LogP contribution in [0.5, 0.6) is 5.75 Å². The highest BCUT2D eigenvalue weighted by atomic mass is 16.5. The van der Waals surface area contributed by atoms with Crippen LogP contribution in [-0.2, 0) is 13.0 Å². The van der Waals surface area contributed by atoms with Gasteiger partial charge in [-0.05, 0) is 74.2 Å². The van der Waals surface area contributed by atoms with Crippen LogP contribution in [0.2, 0.25) is 0 Å². The molecule has 1 N–H and O–H groups in total. The third-order valence-corrected chi connectivity index (χ3v) is 5.53. The maximum atomic E-state index is 12.2. The fourth-order valence-corrected chi connectivity index (χ4v) is 4.05. The standard InChI is InChI=1S/C27H30N4O2/c1-20-17-21(2)19-23(18-20)33-16-6-15-31-25-8-4-3-7-24(25)30-26(31)9-5-12-29-27(32)22-10-13-28-14-11-22/h3-4,7-8,10-11,13-14,17-19H,5-6,9,12,15-16H2,1-2H3,(H,29,32). The first-order valence-electron chi connectivity index (χ1n) is 11.4. The molecule has 0 fully saturated rings. The maximum Gasteiger partial charge on any atom is 0.251 e. The largest absolute Gasteiger partial charge is 0.494 e. The van der Waals surface area contributed by atoms with E-state index in [9.17, 15) is 4.79 Å². The highest BCUT2D eigenvalue weighted by molar-refractivity contribution is 5.93. The molecule has 0 bridgehead atoms. The highest BCUT2D eigenvalue weighted by Crippen LogP contribution is 2.19. The molecule has 0 saturated heterocycles. The third-order valence-electron chi connectivity index (χ3n) is 5.53. The van der Waals surface area contributed by atoms with Gasteiger partial charge in [0.1, 0.15) is 11.6 Å². The second-order valence-corrected chi connectivity index (χ2v) is 8.29. The van der Waals surface area contributed by atoms with E-state index in [-0.39, 0.29) is 5.91 Å². The molecule has 1 amide bonds. The van der Waals surface area contributed by atoms with E-state index >= 15 is 0 Å². The number of rotatable bonds is 10. The Morgan fingerprint density at radius 2 is 1.76 bits per heavy atom. The zero-order valence-corrected chi connectivity index (χ0v) is 19.3. The minimum atomic E-state index is -0.0746. The molecular formula is C27H30N4O2. The molecule has 6 nitrogen and oxygen atoms in total. The van der Waals surface area contributed by atoms with Crippen molar-refractivity contribution < 1.29 is 9.53 Å². The molecule has 0 radical (unpaired) electrons. The average molecular weight is 443 g/mol. The molecule has 0 saturated carbocycles. The number of pyridine rings is 1. The number of hydrogen-bond acceptors (Lipinski definition) is 4. The Morgan fingerprint density at radius 3 is 2.55 bits per heavy atom. The topological polar surface area (TPSA) is 69.0 Å². The van der Waals surface area contributed by atoms with Crippen molar-refractivity contribution in [2.45, 2.75) is 39.7 Å². The number of carbonyl (C=O) groups excluding carboxylic acids is 1. The second kappa shape index (κ2) is 10.8. The zero-order chi connectivity index (χ0) is 23.0. The summed E-state index contributed by atoms with van der Waals surface area (Å²) >= 11 is 0. The summed E-state index contributed by atoms with van der Waals surface area (Å²) in [4.78, 5) is 21.0. The molecule has 2 heterocycles. The van der Waals surface area contributed by atoms with Gasteiger partial charge in [0, 0.05) is 37.5 Å². The quantitative estimate of drug-likeness (QED) is 0.356. The highest BCUT2D eigenvalue weighted by Gasteiger charge is 2.11. The number of carbonyl (C=O) groups is 1. The van der Waals surface area contributed by atoms with Crippen LogP contribution in [-0.4, -0.2) is 33.6 Å². The molecule has 0 aliphatic heterocycles. The van der Waals surface area contributed by atoms with E-state index in [0.717, 1.165) is 48.4 Å². The van der Waals surface area contributed by atoms with Gasteiger partial charge in [-0.15, -0.1) is 0 Å². The zero-order valence-electron chi connectivity index (χ0n) is 19.3. The maximum absolute atomic E-state index is 12.2. The summed E-state index contributed by atoms with van der Waals surface area (Å²) in [7, 11) is 0. The van der Waals surface area contributed by atoms with E-state index in [4.69, 9.17) is 9.72 Å². The Morgan fingerprint density at radius 1 is 1.00 bits per heavy atom. The number of para-hydroxylation sites is 2. The summed E-state index contributed by atoms with van der Waals surface area (Å²) in [5.41, 5.74) is 5.19. The number of hydrogen-bond donors (Lipinski definition) is 1. The summed E-state index contributed by atoms with van der Waals surface area (Å²) in [6, 6.07) is 18.0. The average Bonchev–Trinajstić information content (AvgIpc) is 3.17. The van der Waals surface area contributed by atoms with E-state index in [1.54, 1.807) is 24.5 Å². The fraction of sp³-hybridized carbons (Fsp3) is 0.296. The lowest BCUT2D eigenvalue weighted by molar-refractivity contribution is 0.0953. The van der Waals surface area contributed by atoms with Crippen molar-refractivity contribution in [3.8, 4) is 5.75 Å². The smallest absolute Gasteiger partial charge is 0.251 e. The van der Waals surface area contributed by atoms with Gasteiger partial charge in [-0.2, -0.15) is 0 Å². The molecule has 170 valence electrons. The molecule has 0 spiro atoms. The van der Waals surface area contributed by atoms with E-state index in [0.29, 0.717) is 18.7 Å². The number of benzene rings is 2.